The van der Waals surface area contributed by atoms with Gasteiger partial charge in [-0.15, -0.1) is 0 Å². The molecule has 0 aliphatic rings. The van der Waals surface area contributed by atoms with Gasteiger partial charge in [0.1, 0.15) is 18.7 Å². The molecule has 0 bridgehead atoms. The number of benzene rings is 1. The Morgan fingerprint density at radius 2 is 2.05 bits per heavy atom. The molecule has 0 amide bonds. The van der Waals surface area contributed by atoms with Crippen LogP contribution < -0.4 is 5.32 Å². The Bertz CT molecular complexity index is 810. The van der Waals surface area contributed by atoms with E-state index in [4.69, 9.17) is 5.11 Å². The first-order chi connectivity index (χ1) is 10.7. The van der Waals surface area contributed by atoms with Crippen molar-refractivity contribution in [2.75, 3.05) is 11.9 Å². The van der Waals surface area contributed by atoms with Crippen molar-refractivity contribution in [1.29, 1.82) is 0 Å². The predicted molar refractivity (Wildman–Crippen MR) is 82.2 cm³/mol. The van der Waals surface area contributed by atoms with Gasteiger partial charge in [0.2, 0.25) is 0 Å². The molecule has 3 rings (SSSR count). The van der Waals surface area contributed by atoms with Crippen molar-refractivity contribution in [3.05, 3.63) is 42.4 Å². The summed E-state index contributed by atoms with van der Waals surface area (Å²) >= 11 is 0. The quantitative estimate of drug-likeness (QED) is 0.747. The second-order valence-electron chi connectivity index (χ2n) is 4.78. The van der Waals surface area contributed by atoms with Crippen LogP contribution in [0, 0.1) is 0 Å². The molecule has 0 spiro atoms. The number of hydrogen-bond donors (Lipinski definition) is 2. The topological polar surface area (TPSA) is 92.9 Å². The van der Waals surface area contributed by atoms with Crippen molar-refractivity contribution >= 4 is 22.8 Å². The molecule has 112 valence electrons. The lowest BCUT2D eigenvalue weighted by Gasteiger charge is -2.05. The molecule has 0 aliphatic heterocycles. The molecule has 22 heavy (non-hydrogen) atoms. The fraction of sp³-hybridized carbons (Fsp3) is 0.200. The number of aliphatic carboxylic acids is 1. The summed E-state index contributed by atoms with van der Waals surface area (Å²) < 4.78 is 1.71. The zero-order valence-electron chi connectivity index (χ0n) is 12.0. The molecule has 0 fully saturated rings. The van der Waals surface area contributed by atoms with E-state index in [-0.39, 0.29) is 6.54 Å². The molecule has 2 heterocycles. The minimum Gasteiger partial charge on any atom is -0.480 e. The Kier molecular flexibility index (Phi) is 3.69. The maximum Gasteiger partial charge on any atom is 0.322 e. The molecule has 7 heteroatoms. The smallest absolute Gasteiger partial charge is 0.322 e. The van der Waals surface area contributed by atoms with Crippen LogP contribution in [0.25, 0.3) is 16.7 Å². The van der Waals surface area contributed by atoms with Crippen LogP contribution in [0.5, 0.6) is 0 Å². The molecule has 1 aromatic carbocycles. The van der Waals surface area contributed by atoms with Crippen LogP contribution in [0.4, 0.5) is 5.82 Å². The molecular formula is C15H15N5O2. The normalized spacial score (nSPS) is 10.8. The monoisotopic (exact) mass is 297 g/mol. The van der Waals surface area contributed by atoms with E-state index in [2.05, 4.69) is 27.3 Å². The SMILES string of the molecule is CCc1ccc(-n2ncc3c(NCC(=O)O)ncnc32)cc1. The Morgan fingerprint density at radius 1 is 1.27 bits per heavy atom. The minimum absolute atomic E-state index is 0.206. The molecule has 2 N–H and O–H groups in total. The van der Waals surface area contributed by atoms with E-state index in [0.29, 0.717) is 16.9 Å². The lowest BCUT2D eigenvalue weighted by atomic mass is 10.1. The Hall–Kier alpha value is -2.96. The van der Waals surface area contributed by atoms with Crippen molar-refractivity contribution in [2.45, 2.75) is 13.3 Å². The first-order valence-corrected chi connectivity index (χ1v) is 6.92. The Balaban J connectivity index is 2.00. The molecular weight excluding hydrogens is 282 g/mol. The van der Waals surface area contributed by atoms with Gasteiger partial charge in [0.15, 0.2) is 5.65 Å². The van der Waals surface area contributed by atoms with Gasteiger partial charge in [-0.3, -0.25) is 4.79 Å². The maximum atomic E-state index is 10.7. The largest absolute Gasteiger partial charge is 0.480 e. The number of aromatic nitrogens is 4. The third-order valence-corrected chi connectivity index (χ3v) is 3.36. The second-order valence-corrected chi connectivity index (χ2v) is 4.78. The number of hydrogen-bond acceptors (Lipinski definition) is 5. The number of nitrogens with zero attached hydrogens (tertiary/aromatic N) is 4. The van der Waals surface area contributed by atoms with Crippen molar-refractivity contribution in [3.8, 4) is 5.69 Å². The second kappa shape index (κ2) is 5.80. The van der Waals surface area contributed by atoms with Crippen LogP contribution in [0.1, 0.15) is 12.5 Å². The van der Waals surface area contributed by atoms with Crippen LogP contribution in [0.3, 0.4) is 0 Å². The molecule has 3 aromatic rings. The van der Waals surface area contributed by atoms with Gasteiger partial charge in [-0.05, 0) is 24.1 Å². The fourth-order valence-corrected chi connectivity index (χ4v) is 2.21. The summed E-state index contributed by atoms with van der Waals surface area (Å²) in [6, 6.07) is 8.07. The number of carboxylic acid groups (broad SMARTS) is 1. The molecule has 0 saturated heterocycles. The van der Waals surface area contributed by atoms with Gasteiger partial charge >= 0.3 is 5.97 Å². The van der Waals surface area contributed by atoms with E-state index in [1.807, 2.05) is 24.3 Å². The van der Waals surface area contributed by atoms with Crippen LogP contribution in [-0.4, -0.2) is 37.4 Å². The average molecular weight is 297 g/mol. The number of fused-ring (bicyclic) bond motifs is 1. The van der Waals surface area contributed by atoms with Gasteiger partial charge in [-0.2, -0.15) is 5.10 Å². The van der Waals surface area contributed by atoms with Crippen molar-refractivity contribution in [3.63, 3.8) is 0 Å². The summed E-state index contributed by atoms with van der Waals surface area (Å²) in [6.45, 7) is 1.90. The maximum absolute atomic E-state index is 10.7. The number of carboxylic acids is 1. The molecule has 0 saturated carbocycles. The van der Waals surface area contributed by atoms with Crippen LogP contribution >= 0.6 is 0 Å². The van der Waals surface area contributed by atoms with Crippen molar-refractivity contribution in [1.82, 2.24) is 19.7 Å². The Labute approximate surface area is 126 Å². The number of rotatable bonds is 5. The lowest BCUT2D eigenvalue weighted by molar-refractivity contribution is -0.134. The third-order valence-electron chi connectivity index (χ3n) is 3.36. The number of carbonyl (C=O) groups is 1. The predicted octanol–water partition coefficient (Wildman–Crippen LogP) is 1.87. The van der Waals surface area contributed by atoms with E-state index in [1.165, 1.54) is 11.9 Å². The summed E-state index contributed by atoms with van der Waals surface area (Å²) in [4.78, 5) is 19.0. The van der Waals surface area contributed by atoms with E-state index >= 15 is 0 Å². The lowest BCUT2D eigenvalue weighted by Crippen LogP contribution is -2.13. The summed E-state index contributed by atoms with van der Waals surface area (Å²) in [7, 11) is 0. The summed E-state index contributed by atoms with van der Waals surface area (Å²) in [5.74, 6) is -0.488. The number of nitrogens with one attached hydrogen (secondary N) is 1. The highest BCUT2D eigenvalue weighted by Gasteiger charge is 2.11. The first-order valence-electron chi connectivity index (χ1n) is 6.92. The zero-order chi connectivity index (χ0) is 15.5. The molecule has 0 radical (unpaired) electrons. The van der Waals surface area contributed by atoms with Gasteiger partial charge < -0.3 is 10.4 Å². The highest BCUT2D eigenvalue weighted by Crippen LogP contribution is 2.21. The standard InChI is InChI=1S/C15H15N5O2/c1-2-10-3-5-11(6-4-10)20-15-12(7-19-20)14(17-9-18-15)16-8-13(21)22/h3-7,9H,2,8H2,1H3,(H,21,22)(H,16,17,18). The van der Waals surface area contributed by atoms with Crippen molar-refractivity contribution in [2.24, 2.45) is 0 Å². The molecule has 0 aliphatic carbocycles. The summed E-state index contributed by atoms with van der Waals surface area (Å²) in [6.07, 6.45) is 4.00. The summed E-state index contributed by atoms with van der Waals surface area (Å²) in [5.41, 5.74) is 2.78. The van der Waals surface area contributed by atoms with Crippen LogP contribution in [0.15, 0.2) is 36.8 Å². The molecule has 7 nitrogen and oxygen atoms in total. The van der Waals surface area contributed by atoms with Crippen molar-refractivity contribution < 1.29 is 9.90 Å². The first kappa shape index (κ1) is 14.0. The van der Waals surface area contributed by atoms with Gasteiger partial charge in [0, 0.05) is 0 Å². The van der Waals surface area contributed by atoms with Gasteiger partial charge in [0.25, 0.3) is 0 Å². The van der Waals surface area contributed by atoms with Crippen LogP contribution in [-0.2, 0) is 11.2 Å². The molecule has 0 atom stereocenters. The highest BCUT2D eigenvalue weighted by molar-refractivity contribution is 5.88. The van der Waals surface area contributed by atoms with Gasteiger partial charge in [0.05, 0.1) is 17.3 Å². The van der Waals surface area contributed by atoms with E-state index in [0.717, 1.165) is 12.1 Å². The number of anilines is 1. The van der Waals surface area contributed by atoms with E-state index in [9.17, 15) is 4.79 Å². The summed E-state index contributed by atoms with van der Waals surface area (Å²) in [5, 5.41) is 16.5. The minimum atomic E-state index is -0.950. The molecule has 2 aromatic heterocycles. The average Bonchev–Trinajstić information content (AvgIpc) is 2.97. The highest BCUT2D eigenvalue weighted by atomic mass is 16.4. The fourth-order valence-electron chi connectivity index (χ4n) is 2.21. The van der Waals surface area contributed by atoms with Gasteiger partial charge in [-0.1, -0.05) is 19.1 Å². The van der Waals surface area contributed by atoms with E-state index < -0.39 is 5.97 Å². The zero-order valence-corrected chi connectivity index (χ0v) is 12.0. The third kappa shape index (κ3) is 2.60. The molecule has 0 unspecified atom stereocenters. The number of aryl methyl sites for hydroxylation is 1. The van der Waals surface area contributed by atoms with Gasteiger partial charge in [-0.25, -0.2) is 14.6 Å². The van der Waals surface area contributed by atoms with E-state index in [1.54, 1.807) is 10.9 Å². The van der Waals surface area contributed by atoms with Crippen LogP contribution in [0.2, 0.25) is 0 Å². The Morgan fingerprint density at radius 3 is 2.73 bits per heavy atom.